The molecule has 5 N–H and O–H groups in total. The molecule has 0 aliphatic carbocycles. The number of aldehydes is 1. The maximum Gasteiger partial charge on any atom is 0.316 e. The van der Waals surface area contributed by atoms with E-state index in [1.807, 2.05) is 0 Å². The van der Waals surface area contributed by atoms with E-state index in [0.717, 1.165) is 0 Å². The Morgan fingerprint density at radius 1 is 1.38 bits per heavy atom. The third-order valence-electron chi connectivity index (χ3n) is 3.57. The molecule has 1 heterocycles. The van der Waals surface area contributed by atoms with E-state index >= 15 is 0 Å². The van der Waals surface area contributed by atoms with E-state index in [-0.39, 0.29) is 12.5 Å². The van der Waals surface area contributed by atoms with Crippen molar-refractivity contribution in [3.05, 3.63) is 0 Å². The summed E-state index contributed by atoms with van der Waals surface area (Å²) in [5.74, 6) is -1.50. The van der Waals surface area contributed by atoms with Gasteiger partial charge in [0.25, 0.3) is 0 Å². The second kappa shape index (κ2) is 11.4. The highest BCUT2D eigenvalue weighted by Gasteiger charge is 2.48. The highest BCUT2D eigenvalue weighted by molar-refractivity contribution is 7.81. The number of thiol groups is 1. The Balaban J connectivity index is 2.92. The molecule has 1 fully saturated rings. The second-order valence-corrected chi connectivity index (χ2v) is 5.81. The van der Waals surface area contributed by atoms with E-state index in [1.54, 1.807) is 0 Å². The van der Waals surface area contributed by atoms with Crippen LogP contribution in [-0.2, 0) is 28.6 Å². The number of nitrogens with one attached hydrogen (secondary N) is 2. The van der Waals surface area contributed by atoms with E-state index in [1.165, 1.54) is 6.92 Å². The first-order valence-electron chi connectivity index (χ1n) is 7.80. The molecular formula is C14H24N2O9S. The Morgan fingerprint density at radius 2 is 2.08 bits per heavy atom. The minimum atomic E-state index is -1.42. The van der Waals surface area contributed by atoms with Crippen molar-refractivity contribution in [2.45, 2.75) is 43.6 Å². The lowest BCUT2D eigenvalue weighted by atomic mass is 9.96. The molecule has 1 aliphatic heterocycles. The normalized spacial score (nSPS) is 29.7. The lowest BCUT2D eigenvalue weighted by Gasteiger charge is -2.43. The lowest BCUT2D eigenvalue weighted by molar-refractivity contribution is -0.274. The third kappa shape index (κ3) is 6.46. The van der Waals surface area contributed by atoms with Crippen LogP contribution in [0.2, 0.25) is 0 Å². The highest BCUT2D eigenvalue weighted by Crippen LogP contribution is 2.24. The zero-order chi connectivity index (χ0) is 19.7. The molecule has 0 aromatic heterocycles. The van der Waals surface area contributed by atoms with Gasteiger partial charge in [-0.05, 0) is 0 Å². The first kappa shape index (κ1) is 22.8. The van der Waals surface area contributed by atoms with E-state index in [2.05, 4.69) is 23.3 Å². The monoisotopic (exact) mass is 396 g/mol. The van der Waals surface area contributed by atoms with Gasteiger partial charge >= 0.3 is 5.97 Å². The highest BCUT2D eigenvalue weighted by atomic mass is 32.1. The van der Waals surface area contributed by atoms with Crippen molar-refractivity contribution in [3.63, 3.8) is 0 Å². The Morgan fingerprint density at radius 3 is 2.58 bits per heavy atom. The topological polar surface area (TPSA) is 164 Å². The number of aliphatic hydroxyl groups excluding tert-OH is 3. The standard InChI is InChI=1S/C14H24N2O9S/c1-7(20)16-11-13(25-10(21)5-26)12(22)9(4-19)24-14(11)23-6-15-8(2-17)3-18/h2,8-9,11-15,18-19,22,26H,3-6H2,1H3,(H,16,20)/t8-,9?,11?,12?,13?,14?/m1/s1. The number of ether oxygens (including phenoxy) is 3. The van der Waals surface area contributed by atoms with E-state index in [4.69, 9.17) is 19.3 Å². The Kier molecular flexibility index (Phi) is 10.0. The molecule has 12 heteroatoms. The number of carbonyl (C=O) groups is 3. The van der Waals surface area contributed by atoms with Gasteiger partial charge in [-0.2, -0.15) is 12.6 Å². The summed E-state index contributed by atoms with van der Waals surface area (Å²) in [5.41, 5.74) is 0. The van der Waals surface area contributed by atoms with Crippen LogP contribution in [0, 0.1) is 0 Å². The van der Waals surface area contributed by atoms with Gasteiger partial charge in [-0.1, -0.05) is 0 Å². The van der Waals surface area contributed by atoms with Crippen molar-refractivity contribution in [2.24, 2.45) is 0 Å². The minimum absolute atomic E-state index is 0.258. The van der Waals surface area contributed by atoms with Gasteiger partial charge in [-0.15, -0.1) is 0 Å². The molecular weight excluding hydrogens is 372 g/mol. The predicted molar refractivity (Wildman–Crippen MR) is 89.1 cm³/mol. The molecule has 1 amide bonds. The fourth-order valence-corrected chi connectivity index (χ4v) is 2.39. The quantitative estimate of drug-likeness (QED) is 0.0946. The molecule has 1 rings (SSSR count). The van der Waals surface area contributed by atoms with Crippen LogP contribution >= 0.6 is 12.6 Å². The molecule has 150 valence electrons. The van der Waals surface area contributed by atoms with E-state index in [9.17, 15) is 24.6 Å². The largest absolute Gasteiger partial charge is 0.456 e. The first-order chi connectivity index (χ1) is 12.4. The fourth-order valence-electron chi connectivity index (χ4n) is 2.32. The van der Waals surface area contributed by atoms with Crippen molar-refractivity contribution >= 4 is 30.8 Å². The lowest BCUT2D eigenvalue weighted by Crippen LogP contribution is -2.66. The van der Waals surface area contributed by atoms with Crippen molar-refractivity contribution in [1.29, 1.82) is 0 Å². The zero-order valence-electron chi connectivity index (χ0n) is 14.1. The minimum Gasteiger partial charge on any atom is -0.456 e. The SMILES string of the molecule is CC(=O)NC1C(OCN[C@H](C=O)CO)OC(CO)C(O)C1OC(=O)CS. The number of rotatable bonds is 10. The van der Waals surface area contributed by atoms with Crippen LogP contribution in [0.5, 0.6) is 0 Å². The number of hydrogen-bond donors (Lipinski definition) is 6. The maximum absolute atomic E-state index is 11.6. The molecule has 0 saturated carbocycles. The average molecular weight is 396 g/mol. The summed E-state index contributed by atoms with van der Waals surface area (Å²) in [7, 11) is 0. The van der Waals surface area contributed by atoms with Crippen molar-refractivity contribution in [1.82, 2.24) is 10.6 Å². The van der Waals surface area contributed by atoms with Crippen molar-refractivity contribution in [3.8, 4) is 0 Å². The Hall–Kier alpha value is -1.28. The van der Waals surface area contributed by atoms with Crippen LogP contribution in [0.25, 0.3) is 0 Å². The molecule has 5 unspecified atom stereocenters. The van der Waals surface area contributed by atoms with Gasteiger partial charge < -0.3 is 39.6 Å². The molecule has 1 aliphatic rings. The molecule has 6 atom stereocenters. The number of esters is 1. The molecule has 1 saturated heterocycles. The molecule has 0 aromatic carbocycles. The smallest absolute Gasteiger partial charge is 0.316 e. The van der Waals surface area contributed by atoms with Crippen molar-refractivity contribution < 1.29 is 43.9 Å². The van der Waals surface area contributed by atoms with Crippen LogP contribution in [0.1, 0.15) is 6.92 Å². The second-order valence-electron chi connectivity index (χ2n) is 5.50. The molecule has 0 bridgehead atoms. The van der Waals surface area contributed by atoms with Gasteiger partial charge in [0.05, 0.1) is 25.0 Å². The van der Waals surface area contributed by atoms with Crippen LogP contribution in [0.15, 0.2) is 0 Å². The van der Waals surface area contributed by atoms with Gasteiger partial charge in [0.15, 0.2) is 12.4 Å². The molecule has 26 heavy (non-hydrogen) atoms. The summed E-state index contributed by atoms with van der Waals surface area (Å²) >= 11 is 3.79. The summed E-state index contributed by atoms with van der Waals surface area (Å²) in [6.07, 6.45) is -4.55. The number of amides is 1. The Labute approximate surface area is 155 Å². The van der Waals surface area contributed by atoms with Gasteiger partial charge in [0, 0.05) is 6.92 Å². The van der Waals surface area contributed by atoms with Gasteiger partial charge in [-0.25, -0.2) is 0 Å². The van der Waals surface area contributed by atoms with Crippen molar-refractivity contribution in [2.75, 3.05) is 25.7 Å². The van der Waals surface area contributed by atoms with Crippen LogP contribution in [0.4, 0.5) is 0 Å². The summed E-state index contributed by atoms with van der Waals surface area (Å²) in [4.78, 5) is 33.8. The summed E-state index contributed by atoms with van der Waals surface area (Å²) in [6.45, 7) is -0.0882. The van der Waals surface area contributed by atoms with E-state index in [0.29, 0.717) is 6.29 Å². The molecule has 0 aromatic rings. The number of hydrogen-bond acceptors (Lipinski definition) is 11. The van der Waals surface area contributed by atoms with E-state index < -0.39 is 61.8 Å². The van der Waals surface area contributed by atoms with Gasteiger partial charge in [-0.3, -0.25) is 14.9 Å². The number of carbonyl (C=O) groups excluding carboxylic acids is 3. The molecule has 11 nitrogen and oxygen atoms in total. The number of aliphatic hydroxyl groups is 3. The van der Waals surface area contributed by atoms with Crippen LogP contribution < -0.4 is 10.6 Å². The third-order valence-corrected chi connectivity index (χ3v) is 3.83. The summed E-state index contributed by atoms with van der Waals surface area (Å²) < 4.78 is 16.0. The first-order valence-corrected chi connectivity index (χ1v) is 8.44. The van der Waals surface area contributed by atoms with Gasteiger partial charge in [0.2, 0.25) is 5.91 Å². The average Bonchev–Trinajstić information content (AvgIpc) is 2.62. The van der Waals surface area contributed by atoms with Crippen LogP contribution in [-0.4, -0.2) is 95.9 Å². The molecule has 0 spiro atoms. The fraction of sp³-hybridized carbons (Fsp3) is 0.786. The summed E-state index contributed by atoms with van der Waals surface area (Å²) in [6, 6.07) is -1.95. The van der Waals surface area contributed by atoms with Crippen LogP contribution in [0.3, 0.4) is 0 Å². The maximum atomic E-state index is 11.6. The molecule has 0 radical (unpaired) electrons. The zero-order valence-corrected chi connectivity index (χ0v) is 15.0. The Bertz CT molecular complexity index is 481. The summed E-state index contributed by atoms with van der Waals surface area (Å²) in [5, 5.41) is 33.6. The van der Waals surface area contributed by atoms with Gasteiger partial charge in [0.1, 0.15) is 31.3 Å². The predicted octanol–water partition coefficient (Wildman–Crippen LogP) is -3.47.